The van der Waals surface area contributed by atoms with Gasteiger partial charge in [0.2, 0.25) is 0 Å². The molecule has 0 amide bonds. The lowest BCUT2D eigenvalue weighted by molar-refractivity contribution is -0.0452. The molecule has 0 spiro atoms. The molecule has 2 fully saturated rings. The highest BCUT2D eigenvalue weighted by Crippen LogP contribution is 2.25. The first-order chi connectivity index (χ1) is 11.1. The van der Waals surface area contributed by atoms with Crippen molar-refractivity contribution in [1.82, 2.24) is 15.1 Å². The van der Waals surface area contributed by atoms with Crippen LogP contribution in [0.15, 0.2) is 4.99 Å². The van der Waals surface area contributed by atoms with Crippen LogP contribution in [0.2, 0.25) is 0 Å². The Morgan fingerprint density at radius 1 is 1.33 bits per heavy atom. The Morgan fingerprint density at radius 2 is 2.04 bits per heavy atom. The van der Waals surface area contributed by atoms with E-state index in [-0.39, 0.29) is 35.6 Å². The van der Waals surface area contributed by atoms with Gasteiger partial charge in [-0.2, -0.15) is 0 Å². The number of rotatable bonds is 5. The van der Waals surface area contributed by atoms with Crippen molar-refractivity contribution in [3.05, 3.63) is 0 Å². The highest BCUT2D eigenvalue weighted by molar-refractivity contribution is 14.0. The molecule has 24 heavy (non-hydrogen) atoms. The molecule has 142 valence electrons. The smallest absolute Gasteiger partial charge is 0.193 e. The molecule has 0 saturated carbocycles. The number of halogens is 1. The van der Waals surface area contributed by atoms with Gasteiger partial charge in [0.25, 0.3) is 0 Å². The molecule has 0 radical (unpaired) electrons. The number of aliphatic imine (C=N–C) groups is 1. The SMILES string of the molecule is CN=C(NCC1(N(C)C)CCOCC1)N1CCOC(COC)C1.I. The molecule has 0 aromatic rings. The van der Waals surface area contributed by atoms with Crippen LogP contribution in [0.3, 0.4) is 0 Å². The van der Waals surface area contributed by atoms with Gasteiger partial charge in [0.05, 0.1) is 19.3 Å². The monoisotopic (exact) mass is 456 g/mol. The molecule has 8 heteroatoms. The van der Waals surface area contributed by atoms with Crippen LogP contribution in [-0.2, 0) is 14.2 Å². The van der Waals surface area contributed by atoms with E-state index in [9.17, 15) is 0 Å². The summed E-state index contributed by atoms with van der Waals surface area (Å²) in [6, 6.07) is 0. The normalized spacial score (nSPS) is 24.6. The van der Waals surface area contributed by atoms with Crippen molar-refractivity contribution in [1.29, 1.82) is 0 Å². The second kappa shape index (κ2) is 10.7. The Morgan fingerprint density at radius 3 is 2.62 bits per heavy atom. The summed E-state index contributed by atoms with van der Waals surface area (Å²) in [7, 11) is 7.86. The Labute approximate surface area is 163 Å². The Balaban J connectivity index is 0.00000288. The van der Waals surface area contributed by atoms with E-state index in [4.69, 9.17) is 14.2 Å². The third kappa shape index (κ3) is 5.69. The van der Waals surface area contributed by atoms with E-state index in [1.54, 1.807) is 7.11 Å². The van der Waals surface area contributed by atoms with Gasteiger partial charge in [-0.15, -0.1) is 24.0 Å². The first kappa shape index (κ1) is 21.9. The molecule has 0 aliphatic carbocycles. The number of morpholine rings is 1. The van der Waals surface area contributed by atoms with Crippen LogP contribution in [0, 0.1) is 0 Å². The molecule has 0 aromatic carbocycles. The maximum atomic E-state index is 5.72. The van der Waals surface area contributed by atoms with E-state index < -0.39 is 0 Å². The summed E-state index contributed by atoms with van der Waals surface area (Å²) < 4.78 is 16.5. The molecule has 2 heterocycles. The maximum Gasteiger partial charge on any atom is 0.193 e. The average molecular weight is 456 g/mol. The highest BCUT2D eigenvalue weighted by Gasteiger charge is 2.35. The molecule has 1 atom stereocenters. The van der Waals surface area contributed by atoms with Crippen LogP contribution < -0.4 is 5.32 Å². The van der Waals surface area contributed by atoms with E-state index in [0.717, 1.165) is 51.6 Å². The van der Waals surface area contributed by atoms with Crippen LogP contribution in [0.25, 0.3) is 0 Å². The Hall–Kier alpha value is -0.160. The molecule has 1 N–H and O–H groups in total. The summed E-state index contributed by atoms with van der Waals surface area (Å²) in [4.78, 5) is 9.05. The largest absolute Gasteiger partial charge is 0.382 e. The minimum absolute atomic E-state index is 0. The molecule has 7 nitrogen and oxygen atoms in total. The van der Waals surface area contributed by atoms with Crippen LogP contribution in [-0.4, -0.2) is 102 Å². The lowest BCUT2D eigenvalue weighted by Gasteiger charge is -2.44. The van der Waals surface area contributed by atoms with Crippen LogP contribution >= 0.6 is 24.0 Å². The topological polar surface area (TPSA) is 58.6 Å². The number of hydrogen-bond acceptors (Lipinski definition) is 5. The quantitative estimate of drug-likeness (QED) is 0.373. The predicted octanol–water partition coefficient (Wildman–Crippen LogP) is 0.638. The second-order valence-electron chi connectivity index (χ2n) is 6.53. The summed E-state index contributed by atoms with van der Waals surface area (Å²) in [5, 5.41) is 3.58. The van der Waals surface area contributed by atoms with Gasteiger partial charge in [0.15, 0.2) is 5.96 Å². The van der Waals surface area contributed by atoms with Crippen molar-refractivity contribution in [2.75, 3.05) is 74.3 Å². The summed E-state index contributed by atoms with van der Waals surface area (Å²) in [5.74, 6) is 0.946. The third-order valence-corrected chi connectivity index (χ3v) is 4.95. The zero-order valence-electron chi connectivity index (χ0n) is 15.4. The van der Waals surface area contributed by atoms with Crippen molar-refractivity contribution in [2.45, 2.75) is 24.5 Å². The zero-order chi connectivity index (χ0) is 16.7. The average Bonchev–Trinajstić information content (AvgIpc) is 2.57. The summed E-state index contributed by atoms with van der Waals surface area (Å²) in [6.07, 6.45) is 2.19. The number of guanidine groups is 1. The van der Waals surface area contributed by atoms with Gasteiger partial charge in [-0.1, -0.05) is 0 Å². The molecule has 2 aliphatic rings. The molecular weight excluding hydrogens is 423 g/mol. The lowest BCUT2D eigenvalue weighted by Crippen LogP contribution is -2.59. The predicted molar refractivity (Wildman–Crippen MR) is 106 cm³/mol. The van der Waals surface area contributed by atoms with Gasteiger partial charge in [-0.3, -0.25) is 4.99 Å². The number of nitrogens with one attached hydrogen (secondary N) is 1. The van der Waals surface area contributed by atoms with Gasteiger partial charge >= 0.3 is 0 Å². The molecule has 2 aliphatic heterocycles. The number of nitrogens with zero attached hydrogens (tertiary/aromatic N) is 3. The number of ether oxygens (including phenoxy) is 3. The van der Waals surface area contributed by atoms with Gasteiger partial charge in [-0.25, -0.2) is 0 Å². The van der Waals surface area contributed by atoms with Crippen LogP contribution in [0.5, 0.6) is 0 Å². The Bertz CT molecular complexity index is 388. The lowest BCUT2D eigenvalue weighted by atomic mass is 9.88. The van der Waals surface area contributed by atoms with Crippen molar-refractivity contribution >= 4 is 29.9 Å². The summed E-state index contributed by atoms with van der Waals surface area (Å²) in [6.45, 7) is 5.53. The van der Waals surface area contributed by atoms with E-state index in [1.807, 2.05) is 7.05 Å². The maximum absolute atomic E-state index is 5.72. The fraction of sp³-hybridized carbons (Fsp3) is 0.938. The van der Waals surface area contributed by atoms with Gasteiger partial charge < -0.3 is 29.3 Å². The van der Waals surface area contributed by atoms with Gasteiger partial charge in [0, 0.05) is 52.5 Å². The van der Waals surface area contributed by atoms with Gasteiger partial charge in [-0.05, 0) is 26.9 Å². The minimum Gasteiger partial charge on any atom is -0.382 e. The van der Waals surface area contributed by atoms with Crippen molar-refractivity contribution in [3.8, 4) is 0 Å². The van der Waals surface area contributed by atoms with E-state index in [1.165, 1.54) is 0 Å². The van der Waals surface area contributed by atoms with E-state index >= 15 is 0 Å². The number of likely N-dealkylation sites (N-methyl/N-ethyl adjacent to an activating group) is 1. The van der Waals surface area contributed by atoms with Crippen molar-refractivity contribution in [3.63, 3.8) is 0 Å². The summed E-state index contributed by atoms with van der Waals surface area (Å²) in [5.41, 5.74) is 0.131. The fourth-order valence-corrected chi connectivity index (χ4v) is 3.31. The van der Waals surface area contributed by atoms with E-state index in [2.05, 4.69) is 34.2 Å². The van der Waals surface area contributed by atoms with Crippen molar-refractivity contribution in [2.24, 2.45) is 4.99 Å². The molecule has 0 aromatic heterocycles. The summed E-state index contributed by atoms with van der Waals surface area (Å²) >= 11 is 0. The molecule has 2 rings (SSSR count). The zero-order valence-corrected chi connectivity index (χ0v) is 17.7. The Kier molecular flexibility index (Phi) is 9.80. The second-order valence-corrected chi connectivity index (χ2v) is 6.53. The minimum atomic E-state index is 0. The standard InChI is InChI=1S/C16H32N4O3.HI/c1-17-15(20-7-10-23-14(11-20)12-21-4)18-13-16(19(2)3)5-8-22-9-6-16;/h14H,5-13H2,1-4H3,(H,17,18);1H. The van der Waals surface area contributed by atoms with Crippen molar-refractivity contribution < 1.29 is 14.2 Å². The third-order valence-electron chi connectivity index (χ3n) is 4.95. The number of hydrogen-bond donors (Lipinski definition) is 1. The first-order valence-corrected chi connectivity index (χ1v) is 8.42. The van der Waals surface area contributed by atoms with Crippen LogP contribution in [0.1, 0.15) is 12.8 Å². The molecular formula is C16H33IN4O3. The van der Waals surface area contributed by atoms with Gasteiger partial charge in [0.1, 0.15) is 0 Å². The molecule has 1 unspecified atom stereocenters. The van der Waals surface area contributed by atoms with E-state index in [0.29, 0.717) is 13.2 Å². The fourth-order valence-electron chi connectivity index (χ4n) is 3.31. The first-order valence-electron chi connectivity index (χ1n) is 8.42. The molecule has 0 bridgehead atoms. The highest BCUT2D eigenvalue weighted by atomic mass is 127. The van der Waals surface area contributed by atoms with Crippen LogP contribution in [0.4, 0.5) is 0 Å². The molecule has 2 saturated heterocycles. The number of methoxy groups -OCH3 is 1.